The number of rotatable bonds is 3. The molecular formula is C14H13ClN2O2. The van der Waals surface area contributed by atoms with Crippen molar-refractivity contribution in [1.29, 1.82) is 0 Å². The van der Waals surface area contributed by atoms with Crippen LogP contribution in [-0.4, -0.2) is 13.0 Å². The van der Waals surface area contributed by atoms with Gasteiger partial charge in [0.25, 0.3) is 5.91 Å². The summed E-state index contributed by atoms with van der Waals surface area (Å²) >= 11 is 5.97. The molecule has 2 rings (SSSR count). The third kappa shape index (κ3) is 2.98. The molecule has 0 aliphatic rings. The summed E-state index contributed by atoms with van der Waals surface area (Å²) in [6.45, 7) is 0. The van der Waals surface area contributed by atoms with Crippen LogP contribution in [0.4, 0.5) is 11.4 Å². The van der Waals surface area contributed by atoms with Gasteiger partial charge in [-0.1, -0.05) is 23.7 Å². The highest BCUT2D eigenvalue weighted by Gasteiger charge is 2.12. The third-order valence-corrected chi connectivity index (χ3v) is 2.92. The molecule has 0 aliphatic carbocycles. The summed E-state index contributed by atoms with van der Waals surface area (Å²) in [5, 5.41) is 3.12. The maximum atomic E-state index is 12.1. The van der Waals surface area contributed by atoms with E-state index in [1.54, 1.807) is 42.5 Å². The van der Waals surface area contributed by atoms with Gasteiger partial charge in [0.05, 0.1) is 23.4 Å². The molecule has 0 spiro atoms. The Morgan fingerprint density at radius 1 is 1.26 bits per heavy atom. The quantitative estimate of drug-likeness (QED) is 0.846. The number of nitrogens with two attached hydrogens (primary N) is 1. The highest BCUT2D eigenvalue weighted by molar-refractivity contribution is 6.34. The maximum Gasteiger partial charge on any atom is 0.257 e. The molecule has 0 saturated carbocycles. The van der Waals surface area contributed by atoms with Gasteiger partial charge in [-0.15, -0.1) is 0 Å². The van der Waals surface area contributed by atoms with Gasteiger partial charge in [-0.05, 0) is 30.3 Å². The van der Waals surface area contributed by atoms with Crippen LogP contribution >= 0.6 is 11.6 Å². The smallest absolute Gasteiger partial charge is 0.257 e. The average Bonchev–Trinajstić information content (AvgIpc) is 2.39. The van der Waals surface area contributed by atoms with Crippen LogP contribution in [0.25, 0.3) is 0 Å². The predicted molar refractivity (Wildman–Crippen MR) is 76.8 cm³/mol. The number of anilines is 2. The number of carbonyl (C=O) groups excluding carboxylic acids is 1. The topological polar surface area (TPSA) is 64.3 Å². The largest absolute Gasteiger partial charge is 0.495 e. The van der Waals surface area contributed by atoms with E-state index >= 15 is 0 Å². The number of ether oxygens (including phenoxy) is 1. The van der Waals surface area contributed by atoms with E-state index in [0.29, 0.717) is 27.7 Å². The Labute approximate surface area is 116 Å². The monoisotopic (exact) mass is 276 g/mol. The molecule has 0 atom stereocenters. The summed E-state index contributed by atoms with van der Waals surface area (Å²) < 4.78 is 5.16. The molecule has 0 radical (unpaired) electrons. The minimum atomic E-state index is -0.311. The van der Waals surface area contributed by atoms with Gasteiger partial charge in [0, 0.05) is 5.69 Å². The lowest BCUT2D eigenvalue weighted by Crippen LogP contribution is -2.13. The van der Waals surface area contributed by atoms with Gasteiger partial charge in [0.2, 0.25) is 0 Å². The number of carbonyl (C=O) groups is 1. The Balaban J connectivity index is 2.29. The molecule has 0 aromatic heterocycles. The lowest BCUT2D eigenvalue weighted by Gasteiger charge is -2.11. The summed E-state index contributed by atoms with van der Waals surface area (Å²) in [4.78, 5) is 12.1. The van der Waals surface area contributed by atoms with Gasteiger partial charge in [0.15, 0.2) is 0 Å². The Morgan fingerprint density at radius 2 is 2.00 bits per heavy atom. The van der Waals surface area contributed by atoms with E-state index in [0.717, 1.165) is 0 Å². The van der Waals surface area contributed by atoms with Crippen molar-refractivity contribution < 1.29 is 9.53 Å². The van der Waals surface area contributed by atoms with E-state index in [1.807, 2.05) is 0 Å². The van der Waals surface area contributed by atoms with Crippen LogP contribution < -0.4 is 15.8 Å². The van der Waals surface area contributed by atoms with E-state index in [2.05, 4.69) is 5.32 Å². The molecule has 98 valence electrons. The van der Waals surface area contributed by atoms with Crippen LogP contribution in [0.15, 0.2) is 42.5 Å². The summed E-state index contributed by atoms with van der Waals surface area (Å²) in [6.07, 6.45) is 0. The highest BCUT2D eigenvalue weighted by atomic mass is 35.5. The number of hydrogen-bond donors (Lipinski definition) is 2. The molecule has 0 fully saturated rings. The number of nitrogen functional groups attached to an aromatic ring is 1. The zero-order valence-corrected chi connectivity index (χ0v) is 11.1. The fourth-order valence-corrected chi connectivity index (χ4v) is 1.88. The normalized spacial score (nSPS) is 10.0. The Morgan fingerprint density at radius 3 is 2.68 bits per heavy atom. The molecule has 0 bridgehead atoms. The summed E-state index contributed by atoms with van der Waals surface area (Å²) in [5.41, 5.74) is 7.13. The standard InChI is InChI=1S/C14H13ClN2O2/c1-19-13-7-6-9(16)8-12(13)17-14(18)10-4-2-3-5-11(10)15/h2-8H,16H2,1H3,(H,17,18). The van der Waals surface area contributed by atoms with Crippen molar-refractivity contribution in [3.05, 3.63) is 53.1 Å². The van der Waals surface area contributed by atoms with Gasteiger partial charge >= 0.3 is 0 Å². The van der Waals surface area contributed by atoms with Crippen molar-refractivity contribution in [2.24, 2.45) is 0 Å². The van der Waals surface area contributed by atoms with Gasteiger partial charge in [0.1, 0.15) is 5.75 Å². The Bertz CT molecular complexity index is 614. The molecule has 3 N–H and O–H groups in total. The van der Waals surface area contributed by atoms with Crippen molar-refractivity contribution in [3.8, 4) is 5.75 Å². The minimum Gasteiger partial charge on any atom is -0.495 e. The van der Waals surface area contributed by atoms with Crippen LogP contribution in [0, 0.1) is 0 Å². The van der Waals surface area contributed by atoms with Gasteiger partial charge in [-0.2, -0.15) is 0 Å². The number of benzene rings is 2. The second-order valence-electron chi connectivity index (χ2n) is 3.89. The molecule has 2 aromatic rings. The molecule has 2 aromatic carbocycles. The molecule has 0 aliphatic heterocycles. The molecular weight excluding hydrogens is 264 g/mol. The maximum absolute atomic E-state index is 12.1. The van der Waals surface area contributed by atoms with Crippen molar-refractivity contribution in [3.63, 3.8) is 0 Å². The van der Waals surface area contributed by atoms with Crippen LogP contribution in [0.5, 0.6) is 5.75 Å². The zero-order valence-electron chi connectivity index (χ0n) is 10.3. The fourth-order valence-electron chi connectivity index (χ4n) is 1.66. The van der Waals surface area contributed by atoms with Gasteiger partial charge < -0.3 is 15.8 Å². The second-order valence-corrected chi connectivity index (χ2v) is 4.30. The van der Waals surface area contributed by atoms with E-state index in [4.69, 9.17) is 22.1 Å². The first-order valence-corrected chi connectivity index (χ1v) is 5.99. The van der Waals surface area contributed by atoms with E-state index in [1.165, 1.54) is 7.11 Å². The van der Waals surface area contributed by atoms with Crippen molar-refractivity contribution in [2.75, 3.05) is 18.2 Å². The van der Waals surface area contributed by atoms with E-state index in [-0.39, 0.29) is 5.91 Å². The average molecular weight is 277 g/mol. The van der Waals surface area contributed by atoms with Crippen LogP contribution in [0.1, 0.15) is 10.4 Å². The van der Waals surface area contributed by atoms with Crippen molar-refractivity contribution in [2.45, 2.75) is 0 Å². The van der Waals surface area contributed by atoms with Gasteiger partial charge in [-0.25, -0.2) is 0 Å². The van der Waals surface area contributed by atoms with Crippen LogP contribution in [-0.2, 0) is 0 Å². The lowest BCUT2D eigenvalue weighted by molar-refractivity contribution is 0.102. The SMILES string of the molecule is COc1ccc(N)cc1NC(=O)c1ccccc1Cl. The number of halogens is 1. The van der Waals surface area contributed by atoms with Crippen molar-refractivity contribution in [1.82, 2.24) is 0 Å². The predicted octanol–water partition coefficient (Wildman–Crippen LogP) is 3.18. The first-order chi connectivity index (χ1) is 9.11. The molecule has 19 heavy (non-hydrogen) atoms. The number of methoxy groups -OCH3 is 1. The highest BCUT2D eigenvalue weighted by Crippen LogP contribution is 2.27. The third-order valence-electron chi connectivity index (χ3n) is 2.59. The minimum absolute atomic E-state index is 0.311. The first-order valence-electron chi connectivity index (χ1n) is 5.61. The van der Waals surface area contributed by atoms with E-state index < -0.39 is 0 Å². The Hall–Kier alpha value is -2.20. The molecule has 1 amide bonds. The van der Waals surface area contributed by atoms with Crippen molar-refractivity contribution >= 4 is 28.9 Å². The second kappa shape index (κ2) is 5.63. The van der Waals surface area contributed by atoms with E-state index in [9.17, 15) is 4.79 Å². The zero-order chi connectivity index (χ0) is 13.8. The fraction of sp³-hybridized carbons (Fsp3) is 0.0714. The molecule has 4 nitrogen and oxygen atoms in total. The summed E-state index contributed by atoms with van der Waals surface area (Å²) in [6, 6.07) is 11.8. The summed E-state index contributed by atoms with van der Waals surface area (Å²) in [5.74, 6) is 0.226. The Kier molecular flexibility index (Phi) is 3.92. The molecule has 0 unspecified atom stereocenters. The molecule has 5 heteroatoms. The van der Waals surface area contributed by atoms with Crippen LogP contribution in [0.2, 0.25) is 5.02 Å². The number of nitrogens with one attached hydrogen (secondary N) is 1. The van der Waals surface area contributed by atoms with Gasteiger partial charge in [-0.3, -0.25) is 4.79 Å². The molecule has 0 heterocycles. The summed E-state index contributed by atoms with van der Waals surface area (Å²) in [7, 11) is 1.52. The number of amides is 1. The number of hydrogen-bond acceptors (Lipinski definition) is 3. The molecule has 0 saturated heterocycles. The lowest BCUT2D eigenvalue weighted by atomic mass is 10.2. The first kappa shape index (κ1) is 13.2. The van der Waals surface area contributed by atoms with Crippen LogP contribution in [0.3, 0.4) is 0 Å².